The lowest BCUT2D eigenvalue weighted by molar-refractivity contribution is 0.454. The van der Waals surface area contributed by atoms with Gasteiger partial charge in [0.1, 0.15) is 23.7 Å². The van der Waals surface area contributed by atoms with Crippen LogP contribution in [0.1, 0.15) is 24.4 Å². The Bertz CT molecular complexity index is 541. The molecular formula is C12H15FN4O. The first-order valence-corrected chi connectivity index (χ1v) is 5.62. The summed E-state index contributed by atoms with van der Waals surface area (Å²) in [5.74, 6) is 0.496. The summed E-state index contributed by atoms with van der Waals surface area (Å²) in [6, 6.07) is 3.84. The average Bonchev–Trinajstić information content (AvgIpc) is 2.76. The van der Waals surface area contributed by atoms with Gasteiger partial charge in [0.25, 0.3) is 0 Å². The molecule has 0 saturated heterocycles. The maximum atomic E-state index is 13.0. The molecule has 0 radical (unpaired) electrons. The van der Waals surface area contributed by atoms with Crippen LogP contribution in [-0.2, 0) is 13.6 Å². The molecule has 0 aliphatic rings. The van der Waals surface area contributed by atoms with E-state index in [0.29, 0.717) is 12.1 Å². The molecule has 0 spiro atoms. The summed E-state index contributed by atoms with van der Waals surface area (Å²) in [6.45, 7) is 2.29. The van der Waals surface area contributed by atoms with Crippen LogP contribution in [0, 0.1) is 5.82 Å². The van der Waals surface area contributed by atoms with Crippen LogP contribution in [0.15, 0.2) is 24.5 Å². The third-order valence-corrected chi connectivity index (χ3v) is 2.77. The molecule has 2 aromatic rings. The van der Waals surface area contributed by atoms with Gasteiger partial charge in [0, 0.05) is 19.2 Å². The molecule has 18 heavy (non-hydrogen) atoms. The zero-order valence-corrected chi connectivity index (χ0v) is 10.3. The summed E-state index contributed by atoms with van der Waals surface area (Å²) in [5.41, 5.74) is 0.518. The van der Waals surface area contributed by atoms with Crippen LogP contribution in [0.5, 0.6) is 5.75 Å². The number of phenolic OH excluding ortho intramolecular Hbond substituents is 1. The molecule has 1 atom stereocenters. The van der Waals surface area contributed by atoms with Crippen molar-refractivity contribution in [1.29, 1.82) is 0 Å². The number of aryl methyl sites for hydroxylation is 1. The van der Waals surface area contributed by atoms with Crippen LogP contribution in [0.2, 0.25) is 0 Å². The minimum atomic E-state index is -0.365. The van der Waals surface area contributed by atoms with Gasteiger partial charge in [0.2, 0.25) is 0 Å². The van der Waals surface area contributed by atoms with Crippen LogP contribution < -0.4 is 5.32 Å². The van der Waals surface area contributed by atoms with Gasteiger partial charge in [0.05, 0.1) is 6.04 Å². The van der Waals surface area contributed by atoms with Crippen molar-refractivity contribution in [3.05, 3.63) is 41.7 Å². The van der Waals surface area contributed by atoms with Gasteiger partial charge in [-0.25, -0.2) is 4.39 Å². The molecule has 5 nitrogen and oxygen atoms in total. The number of nitrogens with zero attached hydrogens (tertiary/aromatic N) is 3. The predicted molar refractivity (Wildman–Crippen MR) is 64.3 cm³/mol. The predicted octanol–water partition coefficient (Wildman–Crippen LogP) is 1.51. The fourth-order valence-corrected chi connectivity index (χ4v) is 1.73. The third kappa shape index (κ3) is 2.65. The Hall–Kier alpha value is -1.95. The van der Waals surface area contributed by atoms with Crippen molar-refractivity contribution in [3.8, 4) is 5.75 Å². The number of rotatable bonds is 4. The molecule has 1 aromatic heterocycles. The van der Waals surface area contributed by atoms with Crippen molar-refractivity contribution in [3.63, 3.8) is 0 Å². The van der Waals surface area contributed by atoms with Crippen LogP contribution in [0.25, 0.3) is 0 Å². The van der Waals surface area contributed by atoms with Crippen molar-refractivity contribution < 1.29 is 9.50 Å². The maximum Gasteiger partial charge on any atom is 0.149 e. The first-order valence-electron chi connectivity index (χ1n) is 5.62. The topological polar surface area (TPSA) is 63.0 Å². The Morgan fingerprint density at radius 2 is 2.28 bits per heavy atom. The Morgan fingerprint density at radius 3 is 2.94 bits per heavy atom. The lowest BCUT2D eigenvalue weighted by Crippen LogP contribution is -2.21. The standard InChI is InChI=1S/C12H15FN4O/c1-8(12-16-15-7-17(12)2)14-6-9-5-10(13)3-4-11(9)18/h3-5,7-8,14,18H,6H2,1-2H3. The molecular weight excluding hydrogens is 235 g/mol. The molecule has 2 rings (SSSR count). The number of halogens is 1. The number of benzene rings is 1. The lowest BCUT2D eigenvalue weighted by Gasteiger charge is -2.13. The fourth-order valence-electron chi connectivity index (χ4n) is 1.73. The zero-order chi connectivity index (χ0) is 13.1. The van der Waals surface area contributed by atoms with E-state index in [4.69, 9.17) is 0 Å². The molecule has 0 bridgehead atoms. The molecule has 6 heteroatoms. The Kier molecular flexibility index (Phi) is 3.57. The SMILES string of the molecule is CC(NCc1cc(F)ccc1O)c1nncn1C. The van der Waals surface area contributed by atoms with Gasteiger partial charge in [-0.15, -0.1) is 10.2 Å². The number of aromatic nitrogens is 3. The zero-order valence-electron chi connectivity index (χ0n) is 10.3. The first-order chi connectivity index (χ1) is 8.58. The summed E-state index contributed by atoms with van der Waals surface area (Å²) in [7, 11) is 1.85. The van der Waals surface area contributed by atoms with Gasteiger partial charge < -0.3 is 15.0 Å². The van der Waals surface area contributed by atoms with Crippen LogP contribution >= 0.6 is 0 Å². The fraction of sp³-hybridized carbons (Fsp3) is 0.333. The lowest BCUT2D eigenvalue weighted by atomic mass is 10.2. The second kappa shape index (κ2) is 5.14. The molecule has 96 valence electrons. The molecule has 2 N–H and O–H groups in total. The number of aromatic hydroxyl groups is 1. The van der Waals surface area contributed by atoms with Crippen LogP contribution in [-0.4, -0.2) is 19.9 Å². The van der Waals surface area contributed by atoms with Crippen LogP contribution in [0.4, 0.5) is 4.39 Å². The van der Waals surface area contributed by atoms with Crippen molar-refractivity contribution in [2.24, 2.45) is 7.05 Å². The van der Waals surface area contributed by atoms with E-state index in [0.717, 1.165) is 5.82 Å². The number of phenols is 1. The summed E-state index contributed by atoms with van der Waals surface area (Å²) in [4.78, 5) is 0. The summed E-state index contributed by atoms with van der Waals surface area (Å²) < 4.78 is 14.9. The smallest absolute Gasteiger partial charge is 0.149 e. The van der Waals surface area contributed by atoms with Gasteiger partial charge in [-0.05, 0) is 25.1 Å². The highest BCUT2D eigenvalue weighted by Crippen LogP contribution is 2.18. The van der Waals surface area contributed by atoms with E-state index in [-0.39, 0.29) is 17.6 Å². The molecule has 0 fully saturated rings. The minimum absolute atomic E-state index is 0.0415. The number of hydrogen-bond donors (Lipinski definition) is 2. The molecule has 1 unspecified atom stereocenters. The van der Waals surface area contributed by atoms with Crippen molar-refractivity contribution in [2.45, 2.75) is 19.5 Å². The first kappa shape index (κ1) is 12.5. The Balaban J connectivity index is 2.03. The van der Waals surface area contributed by atoms with Gasteiger partial charge in [-0.3, -0.25) is 0 Å². The number of nitrogens with one attached hydrogen (secondary N) is 1. The van der Waals surface area contributed by atoms with Gasteiger partial charge in [-0.2, -0.15) is 0 Å². The van der Waals surface area contributed by atoms with E-state index in [1.807, 2.05) is 18.5 Å². The van der Waals surface area contributed by atoms with E-state index >= 15 is 0 Å². The second-order valence-electron chi connectivity index (χ2n) is 4.18. The van der Waals surface area contributed by atoms with Crippen LogP contribution in [0.3, 0.4) is 0 Å². The largest absolute Gasteiger partial charge is 0.508 e. The molecule has 1 aromatic carbocycles. The minimum Gasteiger partial charge on any atom is -0.508 e. The normalized spacial score (nSPS) is 12.6. The maximum absolute atomic E-state index is 13.0. The van der Waals surface area contributed by atoms with E-state index in [1.165, 1.54) is 18.2 Å². The highest BCUT2D eigenvalue weighted by Gasteiger charge is 2.11. The van der Waals surface area contributed by atoms with Gasteiger partial charge in [-0.1, -0.05) is 0 Å². The van der Waals surface area contributed by atoms with Crippen molar-refractivity contribution in [2.75, 3.05) is 0 Å². The Labute approximate surface area is 104 Å². The monoisotopic (exact) mass is 250 g/mol. The van der Waals surface area contributed by atoms with E-state index < -0.39 is 0 Å². The molecule has 0 amide bonds. The summed E-state index contributed by atoms with van der Waals surface area (Å²) >= 11 is 0. The average molecular weight is 250 g/mol. The van der Waals surface area contributed by atoms with Crippen molar-refractivity contribution >= 4 is 0 Å². The molecule has 0 aliphatic carbocycles. The highest BCUT2D eigenvalue weighted by molar-refractivity contribution is 5.32. The van der Waals surface area contributed by atoms with Gasteiger partial charge >= 0.3 is 0 Å². The third-order valence-electron chi connectivity index (χ3n) is 2.77. The van der Waals surface area contributed by atoms with E-state index in [1.54, 1.807) is 6.33 Å². The van der Waals surface area contributed by atoms with Crippen molar-refractivity contribution in [1.82, 2.24) is 20.1 Å². The summed E-state index contributed by atoms with van der Waals surface area (Å²) in [6.07, 6.45) is 1.62. The highest BCUT2D eigenvalue weighted by atomic mass is 19.1. The number of hydrogen-bond acceptors (Lipinski definition) is 4. The van der Waals surface area contributed by atoms with E-state index in [2.05, 4.69) is 15.5 Å². The second-order valence-corrected chi connectivity index (χ2v) is 4.18. The molecule has 1 heterocycles. The van der Waals surface area contributed by atoms with Gasteiger partial charge in [0.15, 0.2) is 0 Å². The molecule has 0 aliphatic heterocycles. The van der Waals surface area contributed by atoms with E-state index in [9.17, 15) is 9.50 Å². The quantitative estimate of drug-likeness (QED) is 0.863. The molecule has 0 saturated carbocycles. The Morgan fingerprint density at radius 1 is 1.50 bits per heavy atom. The summed E-state index contributed by atoms with van der Waals surface area (Å²) in [5, 5.41) is 20.5.